The van der Waals surface area contributed by atoms with Crippen LogP contribution in [-0.2, 0) is 14.3 Å². The maximum absolute atomic E-state index is 12.4. The molecule has 2 aliphatic carbocycles. The fraction of sp³-hybridized carbons (Fsp3) is 0.609. The standard InChI is InChI=1S/C23H29N7O6/c1-35-23(34)29(13-5-2-3-6-13)10-4-7-14-27-19(24)15-20(28-14)30(11-25-15)22-17(32)16(31)18(36-22)21(33)26-12-8-9-12/h11-13,16-18,22,31-32H,2-3,5-6,8-10H2,1H3,(H,26,33)(H2,24,27,28)/t16-,17+,18+,22-/m1/s1. The third-order valence-electron chi connectivity index (χ3n) is 6.77. The number of aromatic nitrogens is 4. The number of ether oxygens (including phenoxy) is 2. The van der Waals surface area contributed by atoms with Crippen LogP contribution in [0.5, 0.6) is 0 Å². The molecule has 1 aliphatic heterocycles. The van der Waals surface area contributed by atoms with Crippen LogP contribution in [0, 0.1) is 11.8 Å². The van der Waals surface area contributed by atoms with Gasteiger partial charge >= 0.3 is 6.09 Å². The predicted molar refractivity (Wildman–Crippen MR) is 125 cm³/mol. The number of anilines is 1. The highest BCUT2D eigenvalue weighted by molar-refractivity contribution is 5.83. The Hall–Kier alpha value is -3.47. The third-order valence-corrected chi connectivity index (χ3v) is 6.77. The zero-order valence-corrected chi connectivity index (χ0v) is 19.8. The Labute approximate surface area is 207 Å². The molecule has 0 radical (unpaired) electrons. The molecule has 2 amide bonds. The number of rotatable bonds is 5. The normalized spacial score (nSPS) is 26.0. The van der Waals surface area contributed by atoms with Crippen LogP contribution in [0.1, 0.15) is 50.6 Å². The van der Waals surface area contributed by atoms with Crippen molar-refractivity contribution in [3.8, 4) is 11.8 Å². The van der Waals surface area contributed by atoms with E-state index in [-0.39, 0.29) is 41.4 Å². The van der Waals surface area contributed by atoms with E-state index in [0.29, 0.717) is 0 Å². The molecule has 0 spiro atoms. The molecule has 0 bridgehead atoms. The van der Waals surface area contributed by atoms with Crippen molar-refractivity contribution in [2.45, 2.75) is 75.1 Å². The third kappa shape index (κ3) is 4.67. The zero-order chi connectivity index (χ0) is 25.4. The van der Waals surface area contributed by atoms with Crippen LogP contribution in [-0.4, -0.2) is 90.7 Å². The number of fused-ring (bicyclic) bond motifs is 1. The topological polar surface area (TPSA) is 178 Å². The largest absolute Gasteiger partial charge is 0.453 e. The summed E-state index contributed by atoms with van der Waals surface area (Å²) in [7, 11) is 1.34. The lowest BCUT2D eigenvalue weighted by atomic mass is 10.1. The van der Waals surface area contributed by atoms with Crippen molar-refractivity contribution in [2.24, 2.45) is 0 Å². The minimum atomic E-state index is -1.43. The van der Waals surface area contributed by atoms with E-state index in [1.54, 1.807) is 4.90 Å². The molecule has 13 heteroatoms. The average molecular weight is 500 g/mol. The smallest absolute Gasteiger partial charge is 0.410 e. The lowest BCUT2D eigenvalue weighted by Crippen LogP contribution is -2.43. The molecule has 3 fully saturated rings. The highest BCUT2D eigenvalue weighted by atomic mass is 16.6. The average Bonchev–Trinajstić information content (AvgIpc) is 3.22. The zero-order valence-electron chi connectivity index (χ0n) is 19.8. The van der Waals surface area contributed by atoms with Gasteiger partial charge < -0.3 is 30.7 Å². The van der Waals surface area contributed by atoms with E-state index in [2.05, 4.69) is 32.1 Å². The summed E-state index contributed by atoms with van der Waals surface area (Å²) in [6.07, 6.45) is 1.42. The molecule has 5 N–H and O–H groups in total. The van der Waals surface area contributed by atoms with Crippen LogP contribution in [0.3, 0.4) is 0 Å². The summed E-state index contributed by atoms with van der Waals surface area (Å²) in [5, 5.41) is 23.8. The second-order valence-corrected chi connectivity index (χ2v) is 9.31. The number of hydrogen-bond acceptors (Lipinski definition) is 10. The van der Waals surface area contributed by atoms with E-state index in [1.807, 2.05) is 0 Å². The van der Waals surface area contributed by atoms with Gasteiger partial charge in [0.05, 0.1) is 20.0 Å². The van der Waals surface area contributed by atoms with Crippen LogP contribution in [0.4, 0.5) is 10.6 Å². The van der Waals surface area contributed by atoms with Gasteiger partial charge in [0.1, 0.15) is 17.7 Å². The van der Waals surface area contributed by atoms with E-state index < -0.39 is 36.5 Å². The number of nitrogen functional groups attached to an aromatic ring is 1. The van der Waals surface area contributed by atoms with Crippen molar-refractivity contribution in [3.05, 3.63) is 12.2 Å². The van der Waals surface area contributed by atoms with Crippen LogP contribution < -0.4 is 11.1 Å². The highest BCUT2D eigenvalue weighted by Crippen LogP contribution is 2.33. The maximum Gasteiger partial charge on any atom is 0.410 e. The Morgan fingerprint density at radius 3 is 2.69 bits per heavy atom. The molecule has 0 aromatic carbocycles. The van der Waals surface area contributed by atoms with Crippen LogP contribution in [0.25, 0.3) is 11.2 Å². The van der Waals surface area contributed by atoms with Crippen LogP contribution in [0.2, 0.25) is 0 Å². The monoisotopic (exact) mass is 499 g/mol. The number of nitrogens with one attached hydrogen (secondary N) is 1. The molecule has 36 heavy (non-hydrogen) atoms. The first-order valence-corrected chi connectivity index (χ1v) is 12.0. The summed E-state index contributed by atoms with van der Waals surface area (Å²) in [5.74, 6) is 5.44. The molecule has 0 unspecified atom stereocenters. The molecule has 2 aromatic rings. The van der Waals surface area contributed by atoms with Crippen LogP contribution in [0.15, 0.2) is 6.33 Å². The summed E-state index contributed by atoms with van der Waals surface area (Å²) in [4.78, 5) is 39.1. The van der Waals surface area contributed by atoms with Crippen molar-refractivity contribution in [3.63, 3.8) is 0 Å². The Morgan fingerprint density at radius 2 is 2.00 bits per heavy atom. The first-order chi connectivity index (χ1) is 17.4. The number of aliphatic hydroxyl groups excluding tert-OH is 2. The number of aliphatic hydroxyl groups is 2. The number of methoxy groups -OCH3 is 1. The summed E-state index contributed by atoms with van der Waals surface area (Å²) in [6.45, 7) is 0.145. The molecule has 1 saturated heterocycles. The summed E-state index contributed by atoms with van der Waals surface area (Å²) in [6, 6.07) is 0.162. The molecule has 5 rings (SSSR count). The number of imidazole rings is 1. The van der Waals surface area contributed by atoms with Gasteiger partial charge in [-0.3, -0.25) is 14.3 Å². The van der Waals surface area contributed by atoms with Gasteiger partial charge in [0.2, 0.25) is 5.82 Å². The molecule has 3 heterocycles. The summed E-state index contributed by atoms with van der Waals surface area (Å²) in [5.41, 5.74) is 6.56. The van der Waals surface area contributed by atoms with Gasteiger partial charge in [0.25, 0.3) is 5.91 Å². The molecule has 192 valence electrons. The number of carbonyl (C=O) groups is 2. The lowest BCUT2D eigenvalue weighted by molar-refractivity contribution is -0.137. The Morgan fingerprint density at radius 1 is 1.25 bits per heavy atom. The molecule has 2 saturated carbocycles. The van der Waals surface area contributed by atoms with Crippen molar-refractivity contribution in [2.75, 3.05) is 19.4 Å². The van der Waals surface area contributed by atoms with Crippen molar-refractivity contribution in [1.82, 2.24) is 29.7 Å². The quantitative estimate of drug-likeness (QED) is 0.398. The minimum Gasteiger partial charge on any atom is -0.453 e. The van der Waals surface area contributed by atoms with Gasteiger partial charge in [0, 0.05) is 12.1 Å². The second-order valence-electron chi connectivity index (χ2n) is 9.31. The van der Waals surface area contributed by atoms with Crippen molar-refractivity contribution in [1.29, 1.82) is 0 Å². The van der Waals surface area contributed by atoms with E-state index in [0.717, 1.165) is 38.5 Å². The lowest BCUT2D eigenvalue weighted by Gasteiger charge is -2.25. The van der Waals surface area contributed by atoms with Crippen molar-refractivity contribution >= 4 is 29.0 Å². The van der Waals surface area contributed by atoms with Gasteiger partial charge in [-0.25, -0.2) is 19.7 Å². The summed E-state index contributed by atoms with van der Waals surface area (Å²) < 4.78 is 12.0. The van der Waals surface area contributed by atoms with E-state index >= 15 is 0 Å². The molecular weight excluding hydrogens is 470 g/mol. The molecular formula is C23H29N7O6. The molecule has 3 aliphatic rings. The number of carbonyl (C=O) groups excluding carboxylic acids is 2. The maximum atomic E-state index is 12.4. The van der Waals surface area contributed by atoms with Gasteiger partial charge in [-0.2, -0.15) is 0 Å². The first kappa shape index (κ1) is 24.2. The first-order valence-electron chi connectivity index (χ1n) is 12.0. The summed E-state index contributed by atoms with van der Waals surface area (Å²) >= 11 is 0. The minimum absolute atomic E-state index is 0.0692. The fourth-order valence-electron chi connectivity index (χ4n) is 4.68. The number of nitrogens with zero attached hydrogens (tertiary/aromatic N) is 5. The number of amides is 2. The van der Waals surface area contributed by atoms with E-state index in [4.69, 9.17) is 15.2 Å². The Balaban J connectivity index is 1.37. The molecule has 13 nitrogen and oxygen atoms in total. The predicted octanol–water partition coefficient (Wildman–Crippen LogP) is -0.331. The van der Waals surface area contributed by atoms with E-state index in [9.17, 15) is 19.8 Å². The van der Waals surface area contributed by atoms with E-state index in [1.165, 1.54) is 18.0 Å². The fourth-order valence-corrected chi connectivity index (χ4v) is 4.68. The number of nitrogens with two attached hydrogens (primary N) is 1. The molecule has 4 atom stereocenters. The van der Waals surface area contributed by atoms with Gasteiger partial charge in [-0.1, -0.05) is 18.8 Å². The van der Waals surface area contributed by atoms with Gasteiger partial charge in [-0.15, -0.1) is 0 Å². The molecule has 2 aromatic heterocycles. The SMILES string of the molecule is COC(=O)N(CC#Cc1nc(N)c2ncn([C@@H]3O[C@H](C(=O)NC4CC4)[C@H](O)[C@@H]3O)c2n1)C1CCCC1. The van der Waals surface area contributed by atoms with Crippen molar-refractivity contribution < 1.29 is 29.3 Å². The second kappa shape index (κ2) is 9.88. The highest BCUT2D eigenvalue weighted by Gasteiger charge is 2.48. The van der Waals surface area contributed by atoms with Crippen LogP contribution >= 0.6 is 0 Å². The van der Waals surface area contributed by atoms with Gasteiger partial charge in [-0.05, 0) is 31.6 Å². The van der Waals surface area contributed by atoms with Gasteiger partial charge in [0.15, 0.2) is 23.8 Å². The Kier molecular flexibility index (Phi) is 6.65. The number of hydrogen-bond donors (Lipinski definition) is 4. The Bertz CT molecular complexity index is 1210.